The largest absolute Gasteiger partial charge is 0.467 e. The molecule has 0 bridgehead atoms. The summed E-state index contributed by atoms with van der Waals surface area (Å²) in [4.78, 5) is 32.8. The number of rotatable bonds is 8. The second-order valence-electron chi connectivity index (χ2n) is 9.32. The van der Waals surface area contributed by atoms with Crippen LogP contribution in [0.3, 0.4) is 0 Å². The van der Waals surface area contributed by atoms with E-state index in [9.17, 15) is 9.59 Å². The number of benzene rings is 2. The van der Waals surface area contributed by atoms with E-state index in [1.165, 1.54) is 0 Å². The van der Waals surface area contributed by atoms with Gasteiger partial charge in [-0.2, -0.15) is 0 Å². The summed E-state index contributed by atoms with van der Waals surface area (Å²) in [5.74, 6) is 0.736. The number of hydrogen-bond acceptors (Lipinski definition) is 4. The molecule has 1 N–H and O–H groups in total. The Labute approximate surface area is 210 Å². The molecule has 1 aliphatic carbocycles. The molecule has 2 heterocycles. The topological polar surface area (TPSA) is 80.4 Å². The summed E-state index contributed by atoms with van der Waals surface area (Å²) in [7, 11) is 0. The van der Waals surface area contributed by atoms with Gasteiger partial charge < -0.3 is 9.32 Å². The summed E-state index contributed by atoms with van der Waals surface area (Å²) < 4.78 is 7.34. The number of carbonyl (C=O) groups excluding carboxylic acids is 2. The van der Waals surface area contributed by atoms with Crippen LogP contribution < -0.4 is 5.32 Å². The molecule has 1 aliphatic rings. The van der Waals surface area contributed by atoms with Crippen molar-refractivity contribution in [3.05, 3.63) is 90.5 Å². The zero-order valence-corrected chi connectivity index (χ0v) is 20.4. The average molecular weight is 483 g/mol. The number of amides is 2. The molecule has 0 unspecified atom stereocenters. The molecule has 36 heavy (non-hydrogen) atoms. The van der Waals surface area contributed by atoms with Gasteiger partial charge in [0.05, 0.1) is 18.5 Å². The van der Waals surface area contributed by atoms with Crippen molar-refractivity contribution >= 4 is 17.8 Å². The third kappa shape index (κ3) is 5.40. The van der Waals surface area contributed by atoms with Gasteiger partial charge in [0, 0.05) is 23.4 Å². The second kappa shape index (κ2) is 10.6. The number of nitrogens with one attached hydrogen (secondary N) is 1. The Hall–Kier alpha value is -4.13. The van der Waals surface area contributed by atoms with Gasteiger partial charge in [0.25, 0.3) is 0 Å². The Morgan fingerprint density at radius 1 is 1.03 bits per heavy atom. The molecule has 2 amide bonds. The number of carbonyl (C=O) groups is 2. The van der Waals surface area contributed by atoms with Crippen LogP contribution in [0, 0.1) is 12.8 Å². The highest BCUT2D eigenvalue weighted by Crippen LogP contribution is 2.28. The fourth-order valence-corrected chi connectivity index (χ4v) is 4.69. The van der Waals surface area contributed by atoms with Crippen LogP contribution in [0.4, 0.5) is 5.95 Å². The lowest BCUT2D eigenvalue weighted by Gasteiger charge is -2.24. The lowest BCUT2D eigenvalue weighted by Crippen LogP contribution is -2.40. The number of imidazole rings is 1. The van der Waals surface area contributed by atoms with Gasteiger partial charge in [-0.3, -0.25) is 19.5 Å². The maximum atomic E-state index is 13.3. The second-order valence-corrected chi connectivity index (χ2v) is 9.32. The monoisotopic (exact) mass is 482 g/mol. The molecule has 0 spiro atoms. The van der Waals surface area contributed by atoms with E-state index < -0.39 is 0 Å². The summed E-state index contributed by atoms with van der Waals surface area (Å²) in [6.07, 6.45) is 7.33. The normalized spacial score (nSPS) is 13.6. The zero-order valence-electron chi connectivity index (χ0n) is 20.4. The molecule has 1 fully saturated rings. The molecule has 0 aliphatic heterocycles. The molecular formula is C29H30N4O3. The minimum Gasteiger partial charge on any atom is -0.467 e. The van der Waals surface area contributed by atoms with E-state index in [-0.39, 0.29) is 30.8 Å². The van der Waals surface area contributed by atoms with Crippen molar-refractivity contribution in [3.63, 3.8) is 0 Å². The Balaban J connectivity index is 1.40. The molecular weight excluding hydrogens is 452 g/mol. The first-order valence-corrected chi connectivity index (χ1v) is 12.4. The first-order valence-electron chi connectivity index (χ1n) is 12.4. The van der Waals surface area contributed by atoms with Crippen LogP contribution in [0.5, 0.6) is 0 Å². The van der Waals surface area contributed by atoms with Crippen LogP contribution in [-0.4, -0.2) is 32.8 Å². The molecule has 5 rings (SSSR count). The van der Waals surface area contributed by atoms with E-state index in [0.29, 0.717) is 11.7 Å². The van der Waals surface area contributed by atoms with Crippen LogP contribution in [0.2, 0.25) is 0 Å². The maximum Gasteiger partial charge on any atom is 0.246 e. The van der Waals surface area contributed by atoms with Crippen molar-refractivity contribution in [1.29, 1.82) is 0 Å². The minimum absolute atomic E-state index is 0.00546. The van der Waals surface area contributed by atoms with Crippen molar-refractivity contribution < 1.29 is 14.0 Å². The van der Waals surface area contributed by atoms with Gasteiger partial charge in [0.2, 0.25) is 17.8 Å². The summed E-state index contributed by atoms with van der Waals surface area (Å²) in [5, 5.41) is 2.96. The van der Waals surface area contributed by atoms with Gasteiger partial charge in [-0.15, -0.1) is 0 Å². The van der Waals surface area contributed by atoms with E-state index in [4.69, 9.17) is 9.40 Å². The van der Waals surface area contributed by atoms with E-state index in [0.717, 1.165) is 48.2 Å². The summed E-state index contributed by atoms with van der Waals surface area (Å²) in [5.41, 5.74) is 3.74. The number of furan rings is 1. The third-order valence-electron chi connectivity index (χ3n) is 6.62. The van der Waals surface area contributed by atoms with Crippen LogP contribution >= 0.6 is 0 Å². The number of nitrogens with zero attached hydrogens (tertiary/aromatic N) is 3. The smallest absolute Gasteiger partial charge is 0.246 e. The first kappa shape index (κ1) is 23.6. The quantitative estimate of drug-likeness (QED) is 0.355. The highest BCUT2D eigenvalue weighted by molar-refractivity contribution is 5.94. The van der Waals surface area contributed by atoms with Gasteiger partial charge in [-0.25, -0.2) is 4.98 Å². The van der Waals surface area contributed by atoms with Crippen LogP contribution in [-0.2, 0) is 16.1 Å². The Bertz CT molecular complexity index is 1300. The van der Waals surface area contributed by atoms with Crippen LogP contribution in [0.15, 0.2) is 83.6 Å². The van der Waals surface area contributed by atoms with Gasteiger partial charge in [0.15, 0.2) is 0 Å². The number of aryl methyl sites for hydroxylation is 1. The molecule has 7 heteroatoms. The molecule has 1 saturated carbocycles. The fraction of sp³-hybridized carbons (Fsp3) is 0.276. The van der Waals surface area contributed by atoms with Gasteiger partial charge >= 0.3 is 0 Å². The molecule has 0 radical (unpaired) electrons. The minimum atomic E-state index is -0.300. The first-order chi connectivity index (χ1) is 17.6. The van der Waals surface area contributed by atoms with Gasteiger partial charge in [-0.1, -0.05) is 60.9 Å². The predicted molar refractivity (Wildman–Crippen MR) is 138 cm³/mol. The zero-order chi connectivity index (χ0) is 24.9. The van der Waals surface area contributed by atoms with E-state index >= 15 is 0 Å². The molecule has 184 valence electrons. The molecule has 2 aromatic carbocycles. The molecule has 2 aromatic heterocycles. The lowest BCUT2D eigenvalue weighted by molar-refractivity contribution is -0.139. The Morgan fingerprint density at radius 2 is 1.78 bits per heavy atom. The van der Waals surface area contributed by atoms with Crippen molar-refractivity contribution in [3.8, 4) is 16.9 Å². The molecule has 0 atom stereocenters. The molecule has 7 nitrogen and oxygen atoms in total. The van der Waals surface area contributed by atoms with Crippen molar-refractivity contribution in [2.75, 3.05) is 11.9 Å². The predicted octanol–water partition coefficient (Wildman–Crippen LogP) is 5.60. The van der Waals surface area contributed by atoms with Crippen molar-refractivity contribution in [2.24, 2.45) is 5.92 Å². The third-order valence-corrected chi connectivity index (χ3v) is 6.62. The van der Waals surface area contributed by atoms with Crippen LogP contribution in [0.1, 0.15) is 37.0 Å². The SMILES string of the molecule is Cc1ccc(-n2cc(-c3ccccc3)nc2NC(=O)CN(Cc2ccco2)C(=O)C2CCCC2)cc1. The summed E-state index contributed by atoms with van der Waals surface area (Å²) in [6.45, 7) is 2.22. The Kier molecular flexibility index (Phi) is 6.98. The number of anilines is 1. The lowest BCUT2D eigenvalue weighted by atomic mass is 10.1. The summed E-state index contributed by atoms with van der Waals surface area (Å²) >= 11 is 0. The summed E-state index contributed by atoms with van der Waals surface area (Å²) in [6, 6.07) is 21.5. The van der Waals surface area contributed by atoms with E-state index in [1.807, 2.05) is 78.4 Å². The number of hydrogen-bond donors (Lipinski definition) is 1. The van der Waals surface area contributed by atoms with E-state index in [1.54, 1.807) is 17.2 Å². The maximum absolute atomic E-state index is 13.3. The molecule has 0 saturated heterocycles. The standard InChI is InChI=1S/C29H30N4O3/c1-21-13-15-24(16-14-21)33-19-26(22-8-3-2-4-9-22)30-29(33)31-27(34)20-32(18-25-12-7-17-36-25)28(35)23-10-5-6-11-23/h2-4,7-9,12-17,19,23H,5-6,10-11,18,20H2,1H3,(H,30,31,34). The average Bonchev–Trinajstić information content (AvgIpc) is 3.67. The van der Waals surface area contributed by atoms with Crippen LogP contribution in [0.25, 0.3) is 16.9 Å². The number of aromatic nitrogens is 2. The van der Waals surface area contributed by atoms with Gasteiger partial charge in [-0.05, 0) is 44.0 Å². The van der Waals surface area contributed by atoms with E-state index in [2.05, 4.69) is 5.32 Å². The highest BCUT2D eigenvalue weighted by atomic mass is 16.3. The van der Waals surface area contributed by atoms with Crippen molar-refractivity contribution in [2.45, 2.75) is 39.2 Å². The van der Waals surface area contributed by atoms with Gasteiger partial charge in [0.1, 0.15) is 12.3 Å². The molecule has 4 aromatic rings. The fourth-order valence-electron chi connectivity index (χ4n) is 4.69. The highest BCUT2D eigenvalue weighted by Gasteiger charge is 2.29. The van der Waals surface area contributed by atoms with Crippen molar-refractivity contribution in [1.82, 2.24) is 14.5 Å². The Morgan fingerprint density at radius 3 is 2.47 bits per heavy atom.